The molecule has 0 aliphatic heterocycles. The second kappa shape index (κ2) is 7.75. The van der Waals surface area contributed by atoms with Gasteiger partial charge >= 0.3 is 0 Å². The molecule has 0 radical (unpaired) electrons. The van der Waals surface area contributed by atoms with Gasteiger partial charge in [-0.2, -0.15) is 0 Å². The Balaban J connectivity index is 0.00000288. The third-order valence-electron chi connectivity index (χ3n) is 3.50. The molecule has 0 saturated carbocycles. The van der Waals surface area contributed by atoms with E-state index >= 15 is 0 Å². The molecule has 0 saturated heterocycles. The topological polar surface area (TPSA) is 34.0 Å². The maximum Gasteiger partial charge on any atom is 0.242 e. The second-order valence-corrected chi connectivity index (χ2v) is 11.5. The first-order valence-corrected chi connectivity index (χ1v) is 11.4. The normalized spacial score (nSPS) is 11.5. The zero-order valence-corrected chi connectivity index (χ0v) is 16.2. The molecule has 0 heterocycles. The Labute approximate surface area is 147 Å². The van der Waals surface area contributed by atoms with Crippen molar-refractivity contribution in [3.63, 3.8) is 0 Å². The van der Waals surface area contributed by atoms with Crippen molar-refractivity contribution >= 4 is 19.7 Å². The highest BCUT2D eigenvalue weighted by Crippen LogP contribution is 2.36. The van der Waals surface area contributed by atoms with Gasteiger partial charge in [-0.05, 0) is 75.7 Å². The zero-order chi connectivity index (χ0) is 17.2. The third kappa shape index (κ3) is 5.03. The van der Waals surface area contributed by atoms with Crippen LogP contribution in [0.25, 0.3) is 0 Å². The summed E-state index contributed by atoms with van der Waals surface area (Å²) in [5.74, 6) is 0.866. The van der Waals surface area contributed by atoms with Crippen molar-refractivity contribution in [2.24, 2.45) is 10.2 Å². The maximum absolute atomic E-state index is 6.25. The van der Waals surface area contributed by atoms with E-state index < -0.39 is 8.32 Å². The summed E-state index contributed by atoms with van der Waals surface area (Å²) in [6.07, 6.45) is 0. The van der Waals surface area contributed by atoms with Crippen LogP contribution in [0, 0.1) is 27.7 Å². The number of nitrogens with zero attached hydrogens (tertiary/aromatic N) is 2. The molecule has 0 aliphatic rings. The highest BCUT2D eigenvalue weighted by Gasteiger charge is 2.20. The summed E-state index contributed by atoms with van der Waals surface area (Å²) in [6.45, 7) is 14.8. The van der Waals surface area contributed by atoms with Crippen molar-refractivity contribution in [2.45, 2.75) is 54.8 Å². The van der Waals surface area contributed by atoms with E-state index in [9.17, 15) is 0 Å². The van der Waals surface area contributed by atoms with Crippen molar-refractivity contribution in [3.8, 4) is 5.75 Å². The Bertz CT molecular complexity index is 726. The molecule has 24 heavy (non-hydrogen) atoms. The molecular formula is C20H30N2OSi. The Morgan fingerprint density at radius 3 is 1.96 bits per heavy atom. The average Bonchev–Trinajstić information content (AvgIpc) is 2.40. The maximum atomic E-state index is 6.25. The van der Waals surface area contributed by atoms with Crippen LogP contribution < -0.4 is 4.43 Å². The van der Waals surface area contributed by atoms with Gasteiger partial charge in [0.05, 0.1) is 5.69 Å². The smallest absolute Gasteiger partial charge is 0.242 e. The summed E-state index contributed by atoms with van der Waals surface area (Å²) in [5, 5.41) is 9.04. The molecule has 2 rings (SSSR count). The quantitative estimate of drug-likeness (QED) is 0.428. The minimum absolute atomic E-state index is 0. The first-order chi connectivity index (χ1) is 10.7. The Kier molecular flexibility index (Phi) is 6.49. The summed E-state index contributed by atoms with van der Waals surface area (Å²) in [4.78, 5) is 0. The van der Waals surface area contributed by atoms with Crippen LogP contribution in [0.15, 0.2) is 40.6 Å². The summed E-state index contributed by atoms with van der Waals surface area (Å²) in [7, 11) is -1.71. The lowest BCUT2D eigenvalue weighted by molar-refractivity contribution is 0.553. The van der Waals surface area contributed by atoms with Gasteiger partial charge < -0.3 is 4.43 Å². The summed E-state index contributed by atoms with van der Waals surface area (Å²) in [6, 6.07) is 10.3. The molecule has 0 bridgehead atoms. The van der Waals surface area contributed by atoms with Gasteiger partial charge in [0.1, 0.15) is 11.4 Å². The summed E-state index contributed by atoms with van der Waals surface area (Å²) >= 11 is 0. The van der Waals surface area contributed by atoms with Crippen LogP contribution in [0.1, 0.15) is 29.7 Å². The van der Waals surface area contributed by atoms with Gasteiger partial charge in [0, 0.05) is 0 Å². The van der Waals surface area contributed by atoms with E-state index in [1.54, 1.807) is 0 Å². The first-order valence-electron chi connectivity index (χ1n) is 7.95. The molecule has 3 nitrogen and oxygen atoms in total. The molecule has 0 aromatic heterocycles. The highest BCUT2D eigenvalue weighted by molar-refractivity contribution is 6.70. The van der Waals surface area contributed by atoms with Crippen molar-refractivity contribution in [3.05, 3.63) is 52.6 Å². The largest absolute Gasteiger partial charge is 0.543 e. The number of benzene rings is 2. The number of rotatable bonds is 4. The predicted octanol–water partition coefficient (Wildman–Crippen LogP) is 7.19. The standard InChI is InChI=1S/C19H26N2OSi.CH4/c1-13-11-16(4)19(22-23(5,6)7)17(12-13)20-21-18-14(2)9-8-10-15(18)3;/h8-12H,1-7H3;1H4. The molecule has 2 aromatic carbocycles. The van der Waals surface area contributed by atoms with Crippen molar-refractivity contribution in [1.82, 2.24) is 0 Å². The van der Waals surface area contributed by atoms with E-state index in [2.05, 4.69) is 75.8 Å². The minimum atomic E-state index is -1.71. The van der Waals surface area contributed by atoms with E-state index in [0.29, 0.717) is 0 Å². The van der Waals surface area contributed by atoms with Gasteiger partial charge in [-0.1, -0.05) is 31.7 Å². The molecular weight excluding hydrogens is 312 g/mol. The van der Waals surface area contributed by atoms with Gasteiger partial charge in [-0.3, -0.25) is 0 Å². The molecule has 0 spiro atoms. The van der Waals surface area contributed by atoms with Gasteiger partial charge in [-0.15, -0.1) is 10.2 Å². The molecule has 0 amide bonds. The second-order valence-electron chi connectivity index (χ2n) is 7.08. The monoisotopic (exact) mass is 342 g/mol. The number of hydrogen-bond acceptors (Lipinski definition) is 3. The fraction of sp³-hybridized carbons (Fsp3) is 0.400. The van der Waals surface area contributed by atoms with Crippen LogP contribution in [-0.4, -0.2) is 8.32 Å². The van der Waals surface area contributed by atoms with Crippen molar-refractivity contribution in [2.75, 3.05) is 0 Å². The van der Waals surface area contributed by atoms with Gasteiger partial charge in [0.2, 0.25) is 8.32 Å². The Morgan fingerprint density at radius 1 is 0.833 bits per heavy atom. The number of azo groups is 1. The molecule has 130 valence electrons. The van der Waals surface area contributed by atoms with Crippen LogP contribution in [0.3, 0.4) is 0 Å². The number of aryl methyl sites for hydroxylation is 4. The van der Waals surface area contributed by atoms with Crippen molar-refractivity contribution < 1.29 is 4.43 Å². The van der Waals surface area contributed by atoms with Gasteiger partial charge in [0.15, 0.2) is 0 Å². The van der Waals surface area contributed by atoms with E-state index in [1.807, 2.05) is 12.1 Å². The van der Waals surface area contributed by atoms with E-state index in [1.165, 1.54) is 5.56 Å². The molecule has 0 fully saturated rings. The van der Waals surface area contributed by atoms with Crippen molar-refractivity contribution in [1.29, 1.82) is 0 Å². The summed E-state index contributed by atoms with van der Waals surface area (Å²) < 4.78 is 6.25. The lowest BCUT2D eigenvalue weighted by Crippen LogP contribution is -2.29. The molecule has 0 aliphatic carbocycles. The first kappa shape index (κ1) is 20.1. The average molecular weight is 343 g/mol. The third-order valence-corrected chi connectivity index (χ3v) is 4.32. The van der Waals surface area contributed by atoms with Crippen LogP contribution in [-0.2, 0) is 0 Å². The van der Waals surface area contributed by atoms with Gasteiger partial charge in [0.25, 0.3) is 0 Å². The van der Waals surface area contributed by atoms with Crippen LogP contribution in [0.4, 0.5) is 11.4 Å². The molecule has 4 heteroatoms. The van der Waals surface area contributed by atoms with Gasteiger partial charge in [-0.25, -0.2) is 0 Å². The van der Waals surface area contributed by atoms with Crippen LogP contribution >= 0.6 is 0 Å². The Hall–Kier alpha value is -1.94. The lowest BCUT2D eigenvalue weighted by atomic mass is 10.1. The lowest BCUT2D eigenvalue weighted by Gasteiger charge is -2.22. The fourth-order valence-corrected chi connectivity index (χ4v) is 3.39. The Morgan fingerprint density at radius 2 is 1.42 bits per heavy atom. The molecule has 0 N–H and O–H groups in total. The SMILES string of the molecule is C.Cc1cc(C)c(O[Si](C)(C)C)c(N=Nc2c(C)cccc2C)c1. The van der Waals surface area contributed by atoms with Crippen LogP contribution in [0.2, 0.25) is 19.6 Å². The minimum Gasteiger partial charge on any atom is -0.543 e. The fourth-order valence-electron chi connectivity index (χ4n) is 2.51. The summed E-state index contributed by atoms with van der Waals surface area (Å²) in [5.41, 5.74) is 6.29. The molecule has 0 unspecified atom stereocenters. The molecule has 2 aromatic rings. The molecule has 0 atom stereocenters. The number of hydrogen-bond donors (Lipinski definition) is 0. The van der Waals surface area contributed by atoms with E-state index in [-0.39, 0.29) is 7.43 Å². The van der Waals surface area contributed by atoms with E-state index in [0.717, 1.165) is 33.8 Å². The van der Waals surface area contributed by atoms with E-state index in [4.69, 9.17) is 4.43 Å². The zero-order valence-electron chi connectivity index (χ0n) is 15.2. The highest BCUT2D eigenvalue weighted by atomic mass is 28.4. The predicted molar refractivity (Wildman–Crippen MR) is 107 cm³/mol. The van der Waals surface area contributed by atoms with Crippen LogP contribution in [0.5, 0.6) is 5.75 Å².